The van der Waals surface area contributed by atoms with E-state index in [1.54, 1.807) is 0 Å². The lowest BCUT2D eigenvalue weighted by molar-refractivity contribution is -0.121. The van der Waals surface area contributed by atoms with E-state index in [0.29, 0.717) is 25.8 Å². The average Bonchev–Trinajstić information content (AvgIpc) is 2.67. The first kappa shape index (κ1) is 21.5. The van der Waals surface area contributed by atoms with E-state index >= 15 is 0 Å². The molecule has 28 heavy (non-hydrogen) atoms. The summed E-state index contributed by atoms with van der Waals surface area (Å²) in [6, 6.07) is 10.4. The number of halogens is 2. The van der Waals surface area contributed by atoms with Gasteiger partial charge in [-0.25, -0.2) is 8.78 Å². The second-order valence-electron chi connectivity index (χ2n) is 6.23. The van der Waals surface area contributed by atoms with Crippen molar-refractivity contribution in [3.05, 3.63) is 70.8 Å². The molecule has 0 aliphatic carbocycles. The van der Waals surface area contributed by atoms with Gasteiger partial charge in [-0.05, 0) is 29.7 Å². The van der Waals surface area contributed by atoms with Crippen LogP contribution >= 0.6 is 0 Å². The minimum absolute atomic E-state index is 0.0444. The maximum atomic E-state index is 13.6. The van der Waals surface area contributed by atoms with E-state index in [2.05, 4.69) is 10.6 Å². The van der Waals surface area contributed by atoms with Gasteiger partial charge in [-0.1, -0.05) is 31.2 Å². The normalized spacial score (nSPS) is 10.5. The quantitative estimate of drug-likeness (QED) is 0.612. The molecule has 0 saturated carbocycles. The SMILES string of the molecule is CCCOCc1ccccc1CNC(=O)CCNC(=O)c1ccc(F)cc1F. The predicted molar refractivity (Wildman–Crippen MR) is 102 cm³/mol. The predicted octanol–water partition coefficient (Wildman–Crippen LogP) is 3.33. The van der Waals surface area contributed by atoms with E-state index in [1.807, 2.05) is 31.2 Å². The van der Waals surface area contributed by atoms with Gasteiger partial charge >= 0.3 is 0 Å². The number of amides is 2. The lowest BCUT2D eigenvalue weighted by atomic mass is 10.1. The van der Waals surface area contributed by atoms with Crippen LogP contribution in [0, 0.1) is 11.6 Å². The van der Waals surface area contributed by atoms with Crippen LogP contribution in [0.15, 0.2) is 42.5 Å². The minimum Gasteiger partial charge on any atom is -0.377 e. The number of rotatable bonds is 10. The Morgan fingerprint density at radius 2 is 1.79 bits per heavy atom. The van der Waals surface area contributed by atoms with Crippen molar-refractivity contribution < 1.29 is 23.1 Å². The summed E-state index contributed by atoms with van der Waals surface area (Å²) in [5.41, 5.74) is 1.71. The van der Waals surface area contributed by atoms with Gasteiger partial charge in [-0.15, -0.1) is 0 Å². The highest BCUT2D eigenvalue weighted by atomic mass is 19.1. The van der Waals surface area contributed by atoms with Crippen LogP contribution in [0.4, 0.5) is 8.78 Å². The number of carbonyl (C=O) groups is 2. The largest absolute Gasteiger partial charge is 0.377 e. The Kier molecular flexibility index (Phi) is 8.55. The third kappa shape index (κ3) is 6.74. The Balaban J connectivity index is 1.76. The first-order valence-corrected chi connectivity index (χ1v) is 9.15. The summed E-state index contributed by atoms with van der Waals surface area (Å²) in [6.45, 7) is 3.59. The first-order chi connectivity index (χ1) is 13.5. The minimum atomic E-state index is -0.941. The maximum absolute atomic E-state index is 13.6. The molecule has 0 atom stereocenters. The van der Waals surface area contributed by atoms with E-state index in [-0.39, 0.29) is 24.4 Å². The number of ether oxygens (including phenoxy) is 1. The molecule has 0 aliphatic rings. The Morgan fingerprint density at radius 1 is 1.04 bits per heavy atom. The molecule has 2 N–H and O–H groups in total. The lowest BCUT2D eigenvalue weighted by Crippen LogP contribution is -2.31. The number of hydrogen-bond donors (Lipinski definition) is 2. The van der Waals surface area contributed by atoms with E-state index in [0.717, 1.165) is 29.7 Å². The fourth-order valence-corrected chi connectivity index (χ4v) is 2.54. The van der Waals surface area contributed by atoms with Crippen molar-refractivity contribution in [1.29, 1.82) is 0 Å². The van der Waals surface area contributed by atoms with E-state index in [9.17, 15) is 18.4 Å². The second-order valence-corrected chi connectivity index (χ2v) is 6.23. The number of benzene rings is 2. The molecule has 0 aliphatic heterocycles. The van der Waals surface area contributed by atoms with Crippen molar-refractivity contribution in [2.45, 2.75) is 32.9 Å². The van der Waals surface area contributed by atoms with Crippen LogP contribution in [-0.4, -0.2) is 25.0 Å². The van der Waals surface area contributed by atoms with Crippen LogP contribution in [-0.2, 0) is 22.7 Å². The summed E-state index contributed by atoms with van der Waals surface area (Å²) in [6.07, 6.45) is 0.982. The Labute approximate surface area is 163 Å². The van der Waals surface area contributed by atoms with Crippen LogP contribution in [0.3, 0.4) is 0 Å². The highest BCUT2D eigenvalue weighted by Gasteiger charge is 2.12. The maximum Gasteiger partial charge on any atom is 0.254 e. The fourth-order valence-electron chi connectivity index (χ4n) is 2.54. The Hall–Kier alpha value is -2.80. The van der Waals surface area contributed by atoms with Crippen LogP contribution in [0.2, 0.25) is 0 Å². The van der Waals surface area contributed by atoms with Crippen LogP contribution in [0.1, 0.15) is 41.3 Å². The van der Waals surface area contributed by atoms with Gasteiger partial charge in [0.05, 0.1) is 12.2 Å². The molecule has 150 valence electrons. The van der Waals surface area contributed by atoms with Gasteiger partial charge in [0.25, 0.3) is 5.91 Å². The third-order valence-electron chi connectivity index (χ3n) is 4.01. The second kappa shape index (κ2) is 11.1. The fraction of sp³-hybridized carbons (Fsp3) is 0.333. The zero-order valence-electron chi connectivity index (χ0n) is 15.8. The van der Waals surface area contributed by atoms with Crippen LogP contribution in [0.25, 0.3) is 0 Å². The third-order valence-corrected chi connectivity index (χ3v) is 4.01. The van der Waals surface area contributed by atoms with E-state index < -0.39 is 17.5 Å². The van der Waals surface area contributed by atoms with Gasteiger partial charge in [-0.3, -0.25) is 9.59 Å². The topological polar surface area (TPSA) is 67.4 Å². The van der Waals surface area contributed by atoms with Gasteiger partial charge in [-0.2, -0.15) is 0 Å². The van der Waals surface area contributed by atoms with E-state index in [4.69, 9.17) is 4.74 Å². The summed E-state index contributed by atoms with van der Waals surface area (Å²) >= 11 is 0. The molecule has 2 amide bonds. The summed E-state index contributed by atoms with van der Waals surface area (Å²) < 4.78 is 32.0. The molecular formula is C21H24F2N2O3. The zero-order chi connectivity index (χ0) is 20.4. The number of nitrogens with one attached hydrogen (secondary N) is 2. The molecule has 0 aromatic heterocycles. The molecule has 0 radical (unpaired) electrons. The standard InChI is InChI=1S/C21H24F2N2O3/c1-2-11-28-14-16-6-4-3-5-15(16)13-25-20(26)9-10-24-21(27)18-8-7-17(22)12-19(18)23/h3-8,12H,2,9-11,13-14H2,1H3,(H,24,27)(H,25,26). The van der Waals surface area contributed by atoms with Crippen LogP contribution in [0.5, 0.6) is 0 Å². The molecule has 7 heteroatoms. The van der Waals surface area contributed by atoms with Crippen molar-refractivity contribution >= 4 is 11.8 Å². The molecule has 2 rings (SSSR count). The van der Waals surface area contributed by atoms with E-state index in [1.165, 1.54) is 0 Å². The number of carbonyl (C=O) groups excluding carboxylic acids is 2. The molecule has 0 saturated heterocycles. The average molecular weight is 390 g/mol. The molecule has 2 aromatic carbocycles. The first-order valence-electron chi connectivity index (χ1n) is 9.15. The molecule has 0 bridgehead atoms. The van der Waals surface area contributed by atoms with Gasteiger partial charge in [0.1, 0.15) is 11.6 Å². The van der Waals surface area contributed by atoms with Crippen molar-refractivity contribution in [1.82, 2.24) is 10.6 Å². The van der Waals surface area contributed by atoms with Gasteiger partial charge in [0.15, 0.2) is 0 Å². The summed E-state index contributed by atoms with van der Waals surface area (Å²) in [4.78, 5) is 23.9. The molecule has 0 heterocycles. The van der Waals surface area contributed by atoms with Gasteiger partial charge < -0.3 is 15.4 Å². The smallest absolute Gasteiger partial charge is 0.254 e. The summed E-state index contributed by atoms with van der Waals surface area (Å²) in [7, 11) is 0. The zero-order valence-corrected chi connectivity index (χ0v) is 15.8. The highest BCUT2D eigenvalue weighted by molar-refractivity contribution is 5.94. The molecule has 2 aromatic rings. The number of hydrogen-bond acceptors (Lipinski definition) is 3. The van der Waals surface area contributed by atoms with Gasteiger partial charge in [0, 0.05) is 32.2 Å². The molecule has 5 nitrogen and oxygen atoms in total. The molecule has 0 spiro atoms. The van der Waals surface area contributed by atoms with Gasteiger partial charge in [0.2, 0.25) is 5.91 Å². The van der Waals surface area contributed by atoms with Crippen LogP contribution < -0.4 is 10.6 Å². The summed E-state index contributed by atoms with van der Waals surface area (Å²) in [5.74, 6) is -2.63. The molecule has 0 unspecified atom stereocenters. The highest BCUT2D eigenvalue weighted by Crippen LogP contribution is 2.11. The molecular weight excluding hydrogens is 366 g/mol. The lowest BCUT2D eigenvalue weighted by Gasteiger charge is -2.11. The Bertz CT molecular complexity index is 812. The van der Waals surface area contributed by atoms with Crippen molar-refractivity contribution in [2.75, 3.05) is 13.2 Å². The summed E-state index contributed by atoms with van der Waals surface area (Å²) in [5, 5.41) is 5.24. The monoisotopic (exact) mass is 390 g/mol. The van der Waals surface area contributed by atoms with Crippen molar-refractivity contribution in [3.63, 3.8) is 0 Å². The Morgan fingerprint density at radius 3 is 2.50 bits per heavy atom. The van der Waals surface area contributed by atoms with Crippen molar-refractivity contribution in [2.24, 2.45) is 0 Å². The van der Waals surface area contributed by atoms with Crippen molar-refractivity contribution in [3.8, 4) is 0 Å². The molecule has 0 fully saturated rings.